The molecular weight excluding hydrogens is 464 g/mol. The van der Waals surface area contributed by atoms with Crippen LogP contribution >= 0.6 is 0 Å². The van der Waals surface area contributed by atoms with Gasteiger partial charge in [0.25, 0.3) is 0 Å². The highest BCUT2D eigenvalue weighted by molar-refractivity contribution is 5.97. The van der Waals surface area contributed by atoms with Gasteiger partial charge in [0.1, 0.15) is 18.1 Å². The molecule has 7 rings (SSSR count). The lowest BCUT2D eigenvalue weighted by atomic mass is 10.1. The first-order valence-electron chi connectivity index (χ1n) is 11.8. The first kappa shape index (κ1) is 21.1. The third kappa shape index (κ3) is 3.90. The van der Waals surface area contributed by atoms with E-state index in [1.807, 2.05) is 66.7 Å². The fourth-order valence-corrected chi connectivity index (χ4v) is 4.43. The fraction of sp³-hybridized carbons (Fsp3) is 0.0345. The van der Waals surface area contributed by atoms with E-state index in [0.717, 1.165) is 55.6 Å². The van der Waals surface area contributed by atoms with Crippen molar-refractivity contribution in [2.24, 2.45) is 0 Å². The van der Waals surface area contributed by atoms with Gasteiger partial charge in [0.05, 0.1) is 47.2 Å². The second-order valence-electron chi connectivity index (χ2n) is 8.67. The Balaban J connectivity index is 1.24. The Hall–Kier alpha value is -5.24. The van der Waals surface area contributed by atoms with Crippen LogP contribution in [0.3, 0.4) is 0 Å². The summed E-state index contributed by atoms with van der Waals surface area (Å²) in [4.78, 5) is 17.3. The van der Waals surface area contributed by atoms with E-state index < -0.39 is 0 Å². The quantitative estimate of drug-likeness (QED) is 0.283. The largest absolute Gasteiger partial charge is 0.487 e. The zero-order chi connectivity index (χ0) is 24.6. The average Bonchev–Trinajstić information content (AvgIpc) is 3.71. The topological polar surface area (TPSA) is 106 Å². The Bertz CT molecular complexity index is 1840. The molecule has 0 bridgehead atoms. The summed E-state index contributed by atoms with van der Waals surface area (Å²) in [5.41, 5.74) is 8.00. The Kier molecular flexibility index (Phi) is 4.99. The Morgan fingerprint density at radius 1 is 0.865 bits per heavy atom. The summed E-state index contributed by atoms with van der Waals surface area (Å²) in [6, 6.07) is 21.9. The van der Waals surface area contributed by atoms with Crippen LogP contribution in [-0.4, -0.2) is 30.1 Å². The number of aromatic amines is 2. The van der Waals surface area contributed by atoms with Gasteiger partial charge in [-0.05, 0) is 29.8 Å². The zero-order valence-electron chi connectivity index (χ0n) is 19.6. The highest BCUT2D eigenvalue weighted by atomic mass is 16.5. The standard InChI is InChI=1S/C29H20N6O2/c1-2-5-18(6-3-1)16-37-21-11-20(13-30-14-21)25-12-23-26(15-31-25)34-35-28(23)29-32-24-8-4-7-22(27(24)33-29)19-9-10-36-17-19/h1-15,17H,16H2,(H,32,33)(H,34,35). The van der Waals surface area contributed by atoms with E-state index in [9.17, 15) is 0 Å². The zero-order valence-corrected chi connectivity index (χ0v) is 19.6. The van der Waals surface area contributed by atoms with Crippen molar-refractivity contribution >= 4 is 21.9 Å². The van der Waals surface area contributed by atoms with Gasteiger partial charge >= 0.3 is 0 Å². The van der Waals surface area contributed by atoms with E-state index in [-0.39, 0.29) is 0 Å². The van der Waals surface area contributed by atoms with E-state index in [4.69, 9.17) is 14.1 Å². The molecule has 37 heavy (non-hydrogen) atoms. The minimum absolute atomic E-state index is 0.469. The average molecular weight is 485 g/mol. The molecule has 0 radical (unpaired) electrons. The number of aromatic nitrogens is 6. The molecule has 0 saturated heterocycles. The van der Waals surface area contributed by atoms with Gasteiger partial charge in [-0.15, -0.1) is 0 Å². The molecule has 178 valence electrons. The Morgan fingerprint density at radius 3 is 2.70 bits per heavy atom. The number of furan rings is 1. The maximum Gasteiger partial charge on any atom is 0.159 e. The molecule has 5 aromatic heterocycles. The fourth-order valence-electron chi connectivity index (χ4n) is 4.43. The molecule has 0 spiro atoms. The van der Waals surface area contributed by atoms with Crippen molar-refractivity contribution in [1.82, 2.24) is 30.1 Å². The summed E-state index contributed by atoms with van der Waals surface area (Å²) in [5, 5.41) is 8.53. The minimum Gasteiger partial charge on any atom is -0.487 e. The molecule has 0 aliphatic rings. The number of benzene rings is 2. The summed E-state index contributed by atoms with van der Waals surface area (Å²) in [7, 11) is 0. The number of para-hydroxylation sites is 1. The third-order valence-corrected chi connectivity index (χ3v) is 6.27. The molecule has 0 atom stereocenters. The lowest BCUT2D eigenvalue weighted by Crippen LogP contribution is -1.96. The van der Waals surface area contributed by atoms with Gasteiger partial charge in [-0.3, -0.25) is 15.1 Å². The van der Waals surface area contributed by atoms with E-state index in [1.54, 1.807) is 31.1 Å². The molecule has 8 nitrogen and oxygen atoms in total. The van der Waals surface area contributed by atoms with Gasteiger partial charge in [0.15, 0.2) is 5.82 Å². The molecule has 5 heterocycles. The number of pyridine rings is 2. The normalized spacial score (nSPS) is 11.4. The predicted octanol–water partition coefficient (Wildman–Crippen LogP) is 6.40. The maximum absolute atomic E-state index is 5.96. The van der Waals surface area contributed by atoms with Gasteiger partial charge in [-0.1, -0.05) is 42.5 Å². The van der Waals surface area contributed by atoms with Crippen LogP contribution in [0.5, 0.6) is 5.75 Å². The van der Waals surface area contributed by atoms with Crippen molar-refractivity contribution in [3.63, 3.8) is 0 Å². The number of nitrogens with one attached hydrogen (secondary N) is 2. The second-order valence-corrected chi connectivity index (χ2v) is 8.67. The van der Waals surface area contributed by atoms with Crippen molar-refractivity contribution in [2.75, 3.05) is 0 Å². The number of nitrogens with zero attached hydrogens (tertiary/aromatic N) is 4. The molecule has 0 amide bonds. The van der Waals surface area contributed by atoms with Crippen LogP contribution in [0.15, 0.2) is 102 Å². The van der Waals surface area contributed by atoms with Crippen molar-refractivity contribution in [3.05, 3.63) is 103 Å². The number of fused-ring (bicyclic) bond motifs is 2. The number of rotatable bonds is 6. The van der Waals surface area contributed by atoms with Gasteiger partial charge in [0.2, 0.25) is 0 Å². The molecule has 0 aliphatic heterocycles. The van der Waals surface area contributed by atoms with E-state index >= 15 is 0 Å². The van der Waals surface area contributed by atoms with E-state index in [0.29, 0.717) is 18.2 Å². The van der Waals surface area contributed by atoms with Crippen LogP contribution in [-0.2, 0) is 6.61 Å². The van der Waals surface area contributed by atoms with Gasteiger partial charge in [-0.25, -0.2) is 4.98 Å². The van der Waals surface area contributed by atoms with E-state index in [1.165, 1.54) is 0 Å². The lowest BCUT2D eigenvalue weighted by Gasteiger charge is -2.08. The van der Waals surface area contributed by atoms with Crippen LogP contribution in [0.2, 0.25) is 0 Å². The second kappa shape index (κ2) is 8.76. The van der Waals surface area contributed by atoms with Gasteiger partial charge in [0, 0.05) is 28.3 Å². The summed E-state index contributed by atoms with van der Waals surface area (Å²) in [6.07, 6.45) is 8.64. The third-order valence-electron chi connectivity index (χ3n) is 6.27. The molecule has 0 aliphatic carbocycles. The molecule has 0 unspecified atom stereocenters. The van der Waals surface area contributed by atoms with Crippen LogP contribution in [0, 0.1) is 0 Å². The summed E-state index contributed by atoms with van der Waals surface area (Å²) in [5.74, 6) is 1.35. The monoisotopic (exact) mass is 484 g/mol. The van der Waals surface area contributed by atoms with Crippen LogP contribution in [0.4, 0.5) is 0 Å². The highest BCUT2D eigenvalue weighted by Crippen LogP contribution is 2.33. The highest BCUT2D eigenvalue weighted by Gasteiger charge is 2.16. The number of hydrogen-bond acceptors (Lipinski definition) is 6. The summed E-state index contributed by atoms with van der Waals surface area (Å²) in [6.45, 7) is 0.469. The van der Waals surface area contributed by atoms with Crippen LogP contribution in [0.25, 0.3) is 55.8 Å². The predicted molar refractivity (Wildman–Crippen MR) is 141 cm³/mol. The van der Waals surface area contributed by atoms with Crippen molar-refractivity contribution in [1.29, 1.82) is 0 Å². The lowest BCUT2D eigenvalue weighted by molar-refractivity contribution is 0.305. The van der Waals surface area contributed by atoms with Crippen molar-refractivity contribution in [2.45, 2.75) is 6.61 Å². The first-order chi connectivity index (χ1) is 18.3. The molecule has 8 heteroatoms. The minimum atomic E-state index is 0.469. The Morgan fingerprint density at radius 2 is 1.81 bits per heavy atom. The Labute approximate surface area is 211 Å². The molecule has 0 fully saturated rings. The molecule has 2 N–H and O–H groups in total. The molecule has 0 saturated carbocycles. The van der Waals surface area contributed by atoms with Gasteiger partial charge < -0.3 is 14.1 Å². The number of H-pyrrole nitrogens is 2. The first-order valence-corrected chi connectivity index (χ1v) is 11.8. The van der Waals surface area contributed by atoms with Gasteiger partial charge in [-0.2, -0.15) is 5.10 Å². The van der Waals surface area contributed by atoms with Crippen LogP contribution < -0.4 is 4.74 Å². The molecule has 2 aromatic carbocycles. The summed E-state index contributed by atoms with van der Waals surface area (Å²) < 4.78 is 11.2. The molecular formula is C29H20N6O2. The number of imidazole rings is 1. The number of hydrogen-bond donors (Lipinski definition) is 2. The number of ether oxygens (including phenoxy) is 1. The van der Waals surface area contributed by atoms with Crippen LogP contribution in [0.1, 0.15) is 5.56 Å². The van der Waals surface area contributed by atoms with E-state index in [2.05, 4.69) is 25.1 Å². The smallest absolute Gasteiger partial charge is 0.159 e. The maximum atomic E-state index is 5.96. The van der Waals surface area contributed by atoms with Crippen molar-refractivity contribution in [3.8, 4) is 39.7 Å². The summed E-state index contributed by atoms with van der Waals surface area (Å²) >= 11 is 0. The van der Waals surface area contributed by atoms with Crippen molar-refractivity contribution < 1.29 is 9.15 Å². The molecule has 7 aromatic rings. The SMILES string of the molecule is c1ccc(COc2cncc(-c3cc4c(-c5nc6c(-c7ccoc7)cccc6[nH]5)n[nH]c4cn3)c2)cc1.